The zero-order chi connectivity index (χ0) is 29.4. The third-order valence-corrected chi connectivity index (χ3v) is 7.26. The van der Waals surface area contributed by atoms with Crippen molar-refractivity contribution in [1.29, 1.82) is 5.26 Å². The van der Waals surface area contributed by atoms with E-state index in [-0.39, 0.29) is 29.8 Å². The minimum absolute atomic E-state index is 0.0924. The Hall–Kier alpha value is -4.38. The molecule has 2 amide bonds. The fourth-order valence-corrected chi connectivity index (χ4v) is 4.67. The van der Waals surface area contributed by atoms with Crippen molar-refractivity contribution >= 4 is 23.4 Å². The molecule has 41 heavy (non-hydrogen) atoms. The number of hydrogen-bond donors (Lipinski definition) is 3. The molecule has 1 heterocycles. The second-order valence-electron chi connectivity index (χ2n) is 10.0. The van der Waals surface area contributed by atoms with Crippen molar-refractivity contribution in [3.05, 3.63) is 117 Å². The third-order valence-electron chi connectivity index (χ3n) is 6.93. The average Bonchev–Trinajstić information content (AvgIpc) is 3.46. The number of furan rings is 1. The van der Waals surface area contributed by atoms with Crippen LogP contribution in [0.5, 0.6) is 0 Å². The number of benzene rings is 3. The summed E-state index contributed by atoms with van der Waals surface area (Å²) in [7, 11) is 1.56. The van der Waals surface area contributed by atoms with Gasteiger partial charge in [-0.25, -0.2) is 0 Å². The minimum Gasteiger partial charge on any atom is -0.460 e. The van der Waals surface area contributed by atoms with Crippen LogP contribution in [0.25, 0.3) is 11.3 Å². The average molecular weight is 569 g/mol. The van der Waals surface area contributed by atoms with Gasteiger partial charge in [-0.3, -0.25) is 9.59 Å². The first-order valence-electron chi connectivity index (χ1n) is 13.4. The highest BCUT2D eigenvalue weighted by atomic mass is 35.5. The summed E-state index contributed by atoms with van der Waals surface area (Å²) in [5, 5.41) is 18.4. The predicted octanol–water partition coefficient (Wildman–Crippen LogP) is 6.11. The Morgan fingerprint density at radius 3 is 2.41 bits per heavy atom. The molecule has 210 valence electrons. The van der Waals surface area contributed by atoms with Crippen LogP contribution in [-0.2, 0) is 17.8 Å². The number of carbonyl (C=O) groups is 2. The third kappa shape index (κ3) is 8.07. The van der Waals surface area contributed by atoms with Crippen LogP contribution in [-0.4, -0.2) is 24.9 Å². The van der Waals surface area contributed by atoms with Crippen LogP contribution in [0.2, 0.25) is 5.02 Å². The molecule has 0 unspecified atom stereocenters. The van der Waals surface area contributed by atoms with E-state index in [9.17, 15) is 9.59 Å². The van der Waals surface area contributed by atoms with E-state index >= 15 is 0 Å². The lowest BCUT2D eigenvalue weighted by Crippen LogP contribution is -2.40. The molecule has 3 aromatic carbocycles. The number of hydrogen-bond acceptors (Lipinski definition) is 5. The molecule has 0 aliphatic rings. The number of nitrogens with zero attached hydrogens (tertiary/aromatic N) is 1. The first-order chi connectivity index (χ1) is 19.7. The number of amides is 2. The summed E-state index contributed by atoms with van der Waals surface area (Å²) in [5.74, 6) is 0.806. The summed E-state index contributed by atoms with van der Waals surface area (Å²) < 4.78 is 6.08. The quantitative estimate of drug-likeness (QED) is 0.202. The van der Waals surface area contributed by atoms with Gasteiger partial charge in [-0.05, 0) is 73.9 Å². The summed E-state index contributed by atoms with van der Waals surface area (Å²) in [4.78, 5) is 25.5. The van der Waals surface area contributed by atoms with Gasteiger partial charge >= 0.3 is 0 Å². The van der Waals surface area contributed by atoms with Crippen molar-refractivity contribution in [1.82, 2.24) is 16.0 Å². The first kappa shape index (κ1) is 29.6. The molecular weight excluding hydrogens is 536 g/mol. The summed E-state index contributed by atoms with van der Waals surface area (Å²) in [6, 6.07) is 26.2. The largest absolute Gasteiger partial charge is 0.460 e. The van der Waals surface area contributed by atoms with Gasteiger partial charge in [-0.15, -0.1) is 0 Å². The van der Waals surface area contributed by atoms with E-state index in [1.165, 1.54) is 11.1 Å². The van der Waals surface area contributed by atoms with Gasteiger partial charge in [0.05, 0.1) is 28.8 Å². The van der Waals surface area contributed by atoms with E-state index in [0.29, 0.717) is 34.9 Å². The molecule has 0 radical (unpaired) electrons. The highest BCUT2D eigenvalue weighted by Crippen LogP contribution is 2.27. The maximum absolute atomic E-state index is 13.3. The zero-order valence-corrected chi connectivity index (χ0v) is 24.1. The Morgan fingerprint density at radius 2 is 1.73 bits per heavy atom. The number of rotatable bonds is 11. The Balaban J connectivity index is 1.45. The normalized spacial score (nSPS) is 12.3. The number of nitriles is 1. The van der Waals surface area contributed by atoms with Crippen LogP contribution in [0.1, 0.15) is 57.8 Å². The second-order valence-corrected chi connectivity index (χ2v) is 10.4. The van der Waals surface area contributed by atoms with Gasteiger partial charge in [-0.2, -0.15) is 5.26 Å². The molecule has 4 aromatic rings. The van der Waals surface area contributed by atoms with Crippen molar-refractivity contribution in [2.24, 2.45) is 0 Å². The summed E-state index contributed by atoms with van der Waals surface area (Å²) in [6.07, 6.45) is 0.507. The molecule has 0 bridgehead atoms. The highest BCUT2D eigenvalue weighted by Gasteiger charge is 2.20. The lowest BCUT2D eigenvalue weighted by molar-refractivity contribution is -0.121. The summed E-state index contributed by atoms with van der Waals surface area (Å²) in [6.45, 7) is 4.72. The van der Waals surface area contributed by atoms with Gasteiger partial charge in [0.2, 0.25) is 5.91 Å². The van der Waals surface area contributed by atoms with E-state index in [2.05, 4.69) is 60.1 Å². The van der Waals surface area contributed by atoms with E-state index in [0.717, 1.165) is 11.3 Å². The maximum atomic E-state index is 13.3. The molecule has 3 N–H and O–H groups in total. The van der Waals surface area contributed by atoms with Crippen LogP contribution in [0, 0.1) is 18.3 Å². The lowest BCUT2D eigenvalue weighted by Gasteiger charge is -2.19. The summed E-state index contributed by atoms with van der Waals surface area (Å²) in [5.41, 5.74) is 4.86. The van der Waals surface area contributed by atoms with Crippen LogP contribution >= 0.6 is 11.6 Å². The molecular formula is C33H33ClN4O3. The van der Waals surface area contributed by atoms with Gasteiger partial charge < -0.3 is 20.4 Å². The van der Waals surface area contributed by atoms with Crippen molar-refractivity contribution < 1.29 is 14.0 Å². The predicted molar refractivity (Wildman–Crippen MR) is 160 cm³/mol. The number of aryl methyl sites for hydroxylation is 1. The molecule has 1 aromatic heterocycles. The molecule has 7 nitrogen and oxygen atoms in total. The SMILES string of the molecule is CNC(=O)C[C@@H](Cc1ccc(C#N)cc1)NC(=O)c1cc(-c2ccc(CN[C@H](C)c3ccc(C)cc3)o2)ccc1Cl. The molecule has 0 aliphatic carbocycles. The Bertz CT molecular complexity index is 1540. The topological polar surface area (TPSA) is 107 Å². The van der Waals surface area contributed by atoms with Gasteiger partial charge in [0, 0.05) is 31.1 Å². The maximum Gasteiger partial charge on any atom is 0.253 e. The van der Waals surface area contributed by atoms with E-state index < -0.39 is 6.04 Å². The van der Waals surface area contributed by atoms with Gasteiger partial charge in [-0.1, -0.05) is 53.6 Å². The Kier molecular flexibility index (Phi) is 9.96. The zero-order valence-electron chi connectivity index (χ0n) is 23.3. The van der Waals surface area contributed by atoms with Crippen LogP contribution < -0.4 is 16.0 Å². The Morgan fingerprint density at radius 1 is 1.00 bits per heavy atom. The van der Waals surface area contributed by atoms with Crippen LogP contribution in [0.4, 0.5) is 0 Å². The Labute approximate surface area is 245 Å². The van der Waals surface area contributed by atoms with Crippen molar-refractivity contribution in [3.8, 4) is 17.4 Å². The molecule has 2 atom stereocenters. The summed E-state index contributed by atoms with van der Waals surface area (Å²) >= 11 is 6.43. The first-order valence-corrected chi connectivity index (χ1v) is 13.8. The second kappa shape index (κ2) is 13.8. The minimum atomic E-state index is -0.480. The van der Waals surface area contributed by atoms with Crippen LogP contribution in [0.3, 0.4) is 0 Å². The van der Waals surface area contributed by atoms with E-state index in [1.807, 2.05) is 30.3 Å². The number of halogens is 1. The molecule has 4 rings (SSSR count). The van der Waals surface area contributed by atoms with Crippen molar-refractivity contribution in [3.63, 3.8) is 0 Å². The van der Waals surface area contributed by atoms with Gasteiger partial charge in [0.25, 0.3) is 5.91 Å². The van der Waals surface area contributed by atoms with Gasteiger partial charge in [0.15, 0.2) is 0 Å². The number of carbonyl (C=O) groups excluding carboxylic acids is 2. The van der Waals surface area contributed by atoms with Gasteiger partial charge in [0.1, 0.15) is 11.5 Å². The monoisotopic (exact) mass is 568 g/mol. The van der Waals surface area contributed by atoms with Crippen LogP contribution in [0.15, 0.2) is 83.3 Å². The molecule has 8 heteroatoms. The van der Waals surface area contributed by atoms with E-state index in [4.69, 9.17) is 21.3 Å². The highest BCUT2D eigenvalue weighted by molar-refractivity contribution is 6.34. The molecule has 0 spiro atoms. The lowest BCUT2D eigenvalue weighted by atomic mass is 10.0. The van der Waals surface area contributed by atoms with Crippen molar-refractivity contribution in [2.45, 2.75) is 45.3 Å². The fraction of sp³-hybridized carbons (Fsp3) is 0.242. The molecule has 0 aliphatic heterocycles. The van der Waals surface area contributed by atoms with E-state index in [1.54, 1.807) is 31.3 Å². The molecule has 0 saturated heterocycles. The van der Waals surface area contributed by atoms with Crippen molar-refractivity contribution in [2.75, 3.05) is 7.05 Å². The number of nitrogens with one attached hydrogen (secondary N) is 3. The molecule has 0 fully saturated rings. The fourth-order valence-electron chi connectivity index (χ4n) is 4.47. The standard InChI is InChI=1S/C33H33ClN4O3/c1-21-4-10-25(11-5-21)22(2)37-20-28-13-15-31(41-28)26-12-14-30(34)29(17-26)33(40)38-27(18-32(39)36-3)16-23-6-8-24(19-35)9-7-23/h4-15,17,22,27,37H,16,18,20H2,1-3H3,(H,36,39)(H,38,40)/t22-,27-/m1/s1. The smallest absolute Gasteiger partial charge is 0.253 e. The molecule has 0 saturated carbocycles.